The van der Waals surface area contributed by atoms with Crippen LogP contribution in [-0.4, -0.2) is 43.2 Å². The topological polar surface area (TPSA) is 63.2 Å². The molecule has 1 aliphatic heterocycles. The first-order valence-corrected chi connectivity index (χ1v) is 6.78. The Morgan fingerprint density at radius 1 is 1.45 bits per heavy atom. The third kappa shape index (κ3) is 2.95. The number of hydrogen-bond acceptors (Lipinski definition) is 4. The molecule has 1 amide bonds. The third-order valence-electron chi connectivity index (χ3n) is 3.36. The first-order valence-electron chi connectivity index (χ1n) is 6.78. The SMILES string of the molecule is O=C(NCC1CNCCO1)c1ccc2ncccc2c1. The number of nitrogens with zero attached hydrogens (tertiary/aromatic N) is 1. The van der Waals surface area contributed by atoms with Gasteiger partial charge in [-0.25, -0.2) is 0 Å². The van der Waals surface area contributed by atoms with Crippen LogP contribution in [0.25, 0.3) is 10.9 Å². The van der Waals surface area contributed by atoms with E-state index < -0.39 is 0 Å². The van der Waals surface area contributed by atoms with E-state index in [2.05, 4.69) is 15.6 Å². The van der Waals surface area contributed by atoms with E-state index in [1.54, 1.807) is 12.3 Å². The van der Waals surface area contributed by atoms with Crippen molar-refractivity contribution >= 4 is 16.8 Å². The van der Waals surface area contributed by atoms with Crippen molar-refractivity contribution in [1.29, 1.82) is 0 Å². The van der Waals surface area contributed by atoms with Crippen molar-refractivity contribution in [3.05, 3.63) is 42.1 Å². The zero-order chi connectivity index (χ0) is 13.8. The lowest BCUT2D eigenvalue weighted by Crippen LogP contribution is -2.45. The fourth-order valence-electron chi connectivity index (χ4n) is 2.28. The first-order chi connectivity index (χ1) is 9.83. The van der Waals surface area contributed by atoms with Gasteiger partial charge in [-0.2, -0.15) is 0 Å². The summed E-state index contributed by atoms with van der Waals surface area (Å²) in [5.41, 5.74) is 1.54. The normalized spacial score (nSPS) is 18.9. The van der Waals surface area contributed by atoms with Crippen LogP contribution in [0, 0.1) is 0 Å². The van der Waals surface area contributed by atoms with Gasteiger partial charge >= 0.3 is 0 Å². The Hall–Kier alpha value is -1.98. The van der Waals surface area contributed by atoms with Crippen molar-refractivity contribution in [2.75, 3.05) is 26.2 Å². The minimum Gasteiger partial charge on any atom is -0.374 e. The molecule has 1 fully saturated rings. The Kier molecular flexibility index (Phi) is 3.90. The van der Waals surface area contributed by atoms with E-state index in [0.717, 1.165) is 24.0 Å². The van der Waals surface area contributed by atoms with Crippen molar-refractivity contribution in [2.24, 2.45) is 0 Å². The van der Waals surface area contributed by atoms with Crippen LogP contribution in [0.3, 0.4) is 0 Å². The summed E-state index contributed by atoms with van der Waals surface area (Å²) in [7, 11) is 0. The van der Waals surface area contributed by atoms with Gasteiger partial charge in [-0.3, -0.25) is 9.78 Å². The molecule has 5 nitrogen and oxygen atoms in total. The number of fused-ring (bicyclic) bond motifs is 1. The minimum absolute atomic E-state index is 0.0508. The number of benzene rings is 1. The largest absolute Gasteiger partial charge is 0.374 e. The summed E-state index contributed by atoms with van der Waals surface area (Å²) in [5, 5.41) is 7.12. The molecule has 2 N–H and O–H groups in total. The molecule has 1 atom stereocenters. The zero-order valence-electron chi connectivity index (χ0n) is 11.1. The number of hydrogen-bond donors (Lipinski definition) is 2. The monoisotopic (exact) mass is 271 g/mol. The van der Waals surface area contributed by atoms with Crippen molar-refractivity contribution in [3.8, 4) is 0 Å². The van der Waals surface area contributed by atoms with Gasteiger partial charge in [-0.15, -0.1) is 0 Å². The highest BCUT2D eigenvalue weighted by molar-refractivity contribution is 5.97. The van der Waals surface area contributed by atoms with Crippen LogP contribution in [0.1, 0.15) is 10.4 Å². The Labute approximate surface area is 117 Å². The Balaban J connectivity index is 1.65. The van der Waals surface area contributed by atoms with Crippen molar-refractivity contribution in [3.63, 3.8) is 0 Å². The maximum absolute atomic E-state index is 12.1. The van der Waals surface area contributed by atoms with Gasteiger partial charge in [0.15, 0.2) is 0 Å². The van der Waals surface area contributed by atoms with E-state index in [9.17, 15) is 4.79 Å². The highest BCUT2D eigenvalue weighted by Gasteiger charge is 2.15. The van der Waals surface area contributed by atoms with E-state index in [1.807, 2.05) is 24.3 Å². The molecule has 0 saturated carbocycles. The number of rotatable bonds is 3. The lowest BCUT2D eigenvalue weighted by atomic mass is 10.1. The van der Waals surface area contributed by atoms with Crippen molar-refractivity contribution in [1.82, 2.24) is 15.6 Å². The van der Waals surface area contributed by atoms with Gasteiger partial charge in [0.1, 0.15) is 0 Å². The van der Waals surface area contributed by atoms with Gasteiger partial charge in [0.2, 0.25) is 0 Å². The quantitative estimate of drug-likeness (QED) is 0.872. The molecule has 5 heteroatoms. The van der Waals surface area contributed by atoms with Crippen LogP contribution in [0.2, 0.25) is 0 Å². The van der Waals surface area contributed by atoms with E-state index in [-0.39, 0.29) is 12.0 Å². The number of carbonyl (C=O) groups is 1. The van der Waals surface area contributed by atoms with Gasteiger partial charge in [0.05, 0.1) is 18.2 Å². The number of amides is 1. The fourth-order valence-corrected chi connectivity index (χ4v) is 2.28. The van der Waals surface area contributed by atoms with E-state index in [0.29, 0.717) is 18.7 Å². The predicted molar refractivity (Wildman–Crippen MR) is 76.7 cm³/mol. The maximum Gasteiger partial charge on any atom is 0.251 e. The number of morpholine rings is 1. The van der Waals surface area contributed by atoms with Gasteiger partial charge in [-0.05, 0) is 24.3 Å². The van der Waals surface area contributed by atoms with Crippen molar-refractivity contribution in [2.45, 2.75) is 6.10 Å². The number of pyridine rings is 1. The molecule has 1 aliphatic rings. The van der Waals surface area contributed by atoms with Crippen LogP contribution in [0.5, 0.6) is 0 Å². The molecule has 0 aliphatic carbocycles. The number of nitrogens with one attached hydrogen (secondary N) is 2. The lowest BCUT2D eigenvalue weighted by molar-refractivity contribution is 0.0287. The summed E-state index contributed by atoms with van der Waals surface area (Å²) >= 11 is 0. The molecule has 1 aromatic carbocycles. The lowest BCUT2D eigenvalue weighted by Gasteiger charge is -2.23. The van der Waals surface area contributed by atoms with Gasteiger partial charge in [0.25, 0.3) is 5.91 Å². The zero-order valence-corrected chi connectivity index (χ0v) is 11.1. The average Bonchev–Trinajstić information content (AvgIpc) is 2.53. The molecular weight excluding hydrogens is 254 g/mol. The maximum atomic E-state index is 12.1. The molecule has 0 radical (unpaired) electrons. The second-order valence-corrected chi connectivity index (χ2v) is 4.82. The van der Waals surface area contributed by atoms with Crippen LogP contribution < -0.4 is 10.6 Å². The van der Waals surface area contributed by atoms with Crippen molar-refractivity contribution < 1.29 is 9.53 Å². The summed E-state index contributed by atoms with van der Waals surface area (Å²) in [6.45, 7) is 2.88. The number of aromatic nitrogens is 1. The average molecular weight is 271 g/mol. The smallest absolute Gasteiger partial charge is 0.251 e. The molecule has 0 spiro atoms. The summed E-state index contributed by atoms with van der Waals surface area (Å²) < 4.78 is 5.55. The Morgan fingerprint density at radius 2 is 2.40 bits per heavy atom. The highest BCUT2D eigenvalue weighted by atomic mass is 16.5. The molecule has 1 saturated heterocycles. The molecule has 0 bridgehead atoms. The van der Waals surface area contributed by atoms with Crippen LogP contribution >= 0.6 is 0 Å². The summed E-state index contributed by atoms with van der Waals surface area (Å²) in [6.07, 6.45) is 1.80. The third-order valence-corrected chi connectivity index (χ3v) is 3.36. The number of carbonyl (C=O) groups excluding carboxylic acids is 1. The minimum atomic E-state index is -0.0788. The molecule has 1 unspecified atom stereocenters. The number of ether oxygens (including phenoxy) is 1. The summed E-state index contributed by atoms with van der Waals surface area (Å²) in [6, 6.07) is 9.34. The van der Waals surface area contributed by atoms with Crippen LogP contribution in [0.15, 0.2) is 36.5 Å². The predicted octanol–water partition coefficient (Wildman–Crippen LogP) is 0.953. The van der Waals surface area contributed by atoms with E-state index in [1.165, 1.54) is 0 Å². The summed E-state index contributed by atoms with van der Waals surface area (Å²) in [4.78, 5) is 16.4. The van der Waals surface area contributed by atoms with Crippen LogP contribution in [0.4, 0.5) is 0 Å². The second kappa shape index (κ2) is 5.98. The Morgan fingerprint density at radius 3 is 3.25 bits per heavy atom. The molecule has 2 heterocycles. The molecule has 2 aromatic rings. The fraction of sp³-hybridized carbons (Fsp3) is 0.333. The highest BCUT2D eigenvalue weighted by Crippen LogP contribution is 2.13. The van der Waals surface area contributed by atoms with Gasteiger partial charge in [-0.1, -0.05) is 6.07 Å². The molecule has 1 aromatic heterocycles. The molecule has 20 heavy (non-hydrogen) atoms. The molecule has 104 valence electrons. The Bertz CT molecular complexity index is 609. The summed E-state index contributed by atoms with van der Waals surface area (Å²) in [5.74, 6) is -0.0788. The molecule has 3 rings (SSSR count). The second-order valence-electron chi connectivity index (χ2n) is 4.82. The molecular formula is C15H17N3O2. The van der Waals surface area contributed by atoms with Gasteiger partial charge in [0, 0.05) is 36.8 Å². The van der Waals surface area contributed by atoms with Crippen LogP contribution in [-0.2, 0) is 4.74 Å². The van der Waals surface area contributed by atoms with E-state index >= 15 is 0 Å². The first kappa shape index (κ1) is 13.0. The standard InChI is InChI=1S/C15H17N3O2/c19-15(18-10-13-9-16-6-7-20-13)12-3-4-14-11(8-12)2-1-5-17-14/h1-5,8,13,16H,6-7,9-10H2,(H,18,19). The van der Waals surface area contributed by atoms with Gasteiger partial charge < -0.3 is 15.4 Å². The van der Waals surface area contributed by atoms with E-state index in [4.69, 9.17) is 4.74 Å².